The molecule has 18 heavy (non-hydrogen) atoms. The lowest BCUT2D eigenvalue weighted by atomic mass is 10.0. The minimum atomic E-state index is -0.626. The van der Waals surface area contributed by atoms with E-state index in [2.05, 4.69) is 20.9 Å². The number of aliphatic hydroxyl groups is 1. The van der Waals surface area contributed by atoms with E-state index in [9.17, 15) is 5.11 Å². The predicted molar refractivity (Wildman–Crippen MR) is 77.1 cm³/mol. The zero-order chi connectivity index (χ0) is 13.1. The third-order valence-electron chi connectivity index (χ3n) is 2.60. The molecule has 0 saturated carbocycles. The van der Waals surface area contributed by atoms with E-state index in [1.165, 1.54) is 0 Å². The van der Waals surface area contributed by atoms with Gasteiger partial charge in [0.15, 0.2) is 0 Å². The Bertz CT molecular complexity index is 562. The molecule has 1 aromatic carbocycles. The van der Waals surface area contributed by atoms with Crippen LogP contribution < -0.4 is 0 Å². The molecule has 1 N–H and O–H groups in total. The van der Waals surface area contributed by atoms with E-state index in [-0.39, 0.29) is 0 Å². The fourth-order valence-electron chi connectivity index (χ4n) is 1.62. The molecular weight excluding hydrogens is 337 g/mol. The number of aliphatic hydroxyl groups excluding tert-OH is 1. The number of aromatic nitrogens is 1. The maximum atomic E-state index is 10.2. The van der Waals surface area contributed by atoms with Gasteiger partial charge < -0.3 is 5.11 Å². The van der Waals surface area contributed by atoms with Crippen LogP contribution in [-0.2, 0) is 6.42 Å². The summed E-state index contributed by atoms with van der Waals surface area (Å²) in [6.07, 6.45) is 3.04. The third-order valence-corrected chi connectivity index (χ3v) is 4.15. The average molecular weight is 347 g/mol. The van der Waals surface area contributed by atoms with Gasteiger partial charge in [-0.25, -0.2) is 0 Å². The van der Waals surface area contributed by atoms with Gasteiger partial charge in [-0.15, -0.1) is 0 Å². The first-order valence-corrected chi connectivity index (χ1v) is 6.84. The van der Waals surface area contributed by atoms with Crippen LogP contribution in [0.4, 0.5) is 0 Å². The highest BCUT2D eigenvalue weighted by atomic mass is 79.9. The summed E-state index contributed by atoms with van der Waals surface area (Å²) in [5.41, 5.74) is 1.66. The molecule has 2 rings (SSSR count). The Morgan fingerprint density at radius 1 is 1.22 bits per heavy atom. The Morgan fingerprint density at radius 3 is 2.67 bits per heavy atom. The van der Waals surface area contributed by atoms with Gasteiger partial charge in [0.1, 0.15) is 0 Å². The van der Waals surface area contributed by atoms with E-state index in [1.54, 1.807) is 30.6 Å². The molecule has 94 valence electrons. The van der Waals surface area contributed by atoms with Crippen LogP contribution in [0.5, 0.6) is 0 Å². The van der Waals surface area contributed by atoms with E-state index in [0.29, 0.717) is 16.5 Å². The molecule has 1 atom stereocenters. The monoisotopic (exact) mass is 345 g/mol. The summed E-state index contributed by atoms with van der Waals surface area (Å²) in [6, 6.07) is 7.16. The van der Waals surface area contributed by atoms with Crippen molar-refractivity contribution in [3.8, 4) is 0 Å². The molecule has 0 fully saturated rings. The summed E-state index contributed by atoms with van der Waals surface area (Å²) in [6.45, 7) is 0. The highest BCUT2D eigenvalue weighted by Crippen LogP contribution is 2.28. The Kier molecular flexibility index (Phi) is 4.62. The second-order valence-electron chi connectivity index (χ2n) is 3.86. The van der Waals surface area contributed by atoms with E-state index in [1.807, 2.05) is 6.07 Å². The van der Waals surface area contributed by atoms with Gasteiger partial charge in [0.05, 0.1) is 16.1 Å². The van der Waals surface area contributed by atoms with Crippen molar-refractivity contribution in [2.45, 2.75) is 12.5 Å². The predicted octanol–water partition coefficient (Wildman–Crippen LogP) is 4.43. The van der Waals surface area contributed by atoms with Crippen LogP contribution in [-0.4, -0.2) is 10.1 Å². The van der Waals surface area contributed by atoms with Crippen LogP contribution in [0.3, 0.4) is 0 Å². The number of hydrogen-bond acceptors (Lipinski definition) is 2. The first kappa shape index (κ1) is 13.8. The maximum Gasteiger partial charge on any atom is 0.0831 e. The van der Waals surface area contributed by atoms with E-state index in [4.69, 9.17) is 23.2 Å². The molecule has 0 aliphatic rings. The fraction of sp³-hybridized carbons (Fsp3) is 0.154. The lowest BCUT2D eigenvalue weighted by Crippen LogP contribution is -2.02. The molecular formula is C13H10BrCl2NO. The van der Waals surface area contributed by atoms with Gasteiger partial charge in [0, 0.05) is 23.3 Å². The summed E-state index contributed by atoms with van der Waals surface area (Å²) < 4.78 is 0.765. The Balaban J connectivity index is 2.19. The molecule has 1 unspecified atom stereocenters. The largest absolute Gasteiger partial charge is 0.388 e. The standard InChI is InChI=1S/C13H10BrCl2NO/c14-10-5-9(1-2-11(10)15)13(18)6-8-3-4-17-7-12(8)16/h1-5,7,13,18H,6H2. The first-order chi connectivity index (χ1) is 8.58. The molecule has 0 radical (unpaired) electrons. The van der Waals surface area contributed by atoms with Crippen LogP contribution in [0.1, 0.15) is 17.2 Å². The minimum absolute atomic E-state index is 0.440. The summed E-state index contributed by atoms with van der Waals surface area (Å²) in [7, 11) is 0. The van der Waals surface area contributed by atoms with Crippen molar-refractivity contribution in [2.24, 2.45) is 0 Å². The average Bonchev–Trinajstić information content (AvgIpc) is 2.35. The van der Waals surface area contributed by atoms with Crippen molar-refractivity contribution in [1.29, 1.82) is 0 Å². The molecule has 0 saturated heterocycles. The number of hydrogen-bond donors (Lipinski definition) is 1. The second kappa shape index (κ2) is 6.02. The molecule has 0 aliphatic carbocycles. The maximum absolute atomic E-state index is 10.2. The highest BCUT2D eigenvalue weighted by Gasteiger charge is 2.12. The lowest BCUT2D eigenvalue weighted by molar-refractivity contribution is 0.178. The molecule has 0 amide bonds. The van der Waals surface area contributed by atoms with Gasteiger partial charge in [0.25, 0.3) is 0 Å². The Morgan fingerprint density at radius 2 is 2.00 bits per heavy atom. The molecule has 1 heterocycles. The summed E-state index contributed by atoms with van der Waals surface area (Å²) >= 11 is 15.3. The Hall–Kier alpha value is -0.610. The van der Waals surface area contributed by atoms with Crippen LogP contribution in [0.25, 0.3) is 0 Å². The van der Waals surface area contributed by atoms with Gasteiger partial charge in [0.2, 0.25) is 0 Å². The molecule has 2 nitrogen and oxygen atoms in total. The number of rotatable bonds is 3. The van der Waals surface area contributed by atoms with Gasteiger partial charge in [-0.3, -0.25) is 4.98 Å². The van der Waals surface area contributed by atoms with E-state index < -0.39 is 6.10 Å². The molecule has 5 heteroatoms. The topological polar surface area (TPSA) is 33.1 Å². The number of benzene rings is 1. The highest BCUT2D eigenvalue weighted by molar-refractivity contribution is 9.10. The van der Waals surface area contributed by atoms with Crippen molar-refractivity contribution in [3.05, 3.63) is 62.3 Å². The van der Waals surface area contributed by atoms with Crippen molar-refractivity contribution in [1.82, 2.24) is 4.98 Å². The minimum Gasteiger partial charge on any atom is -0.388 e. The smallest absolute Gasteiger partial charge is 0.0831 e. The first-order valence-electron chi connectivity index (χ1n) is 5.29. The quantitative estimate of drug-likeness (QED) is 0.891. The summed E-state index contributed by atoms with van der Waals surface area (Å²) in [5, 5.41) is 11.3. The van der Waals surface area contributed by atoms with Gasteiger partial charge in [-0.2, -0.15) is 0 Å². The Labute approximate surface area is 124 Å². The van der Waals surface area contributed by atoms with Crippen LogP contribution in [0.15, 0.2) is 41.1 Å². The van der Waals surface area contributed by atoms with Crippen molar-refractivity contribution >= 4 is 39.1 Å². The lowest BCUT2D eigenvalue weighted by Gasteiger charge is -2.12. The molecule has 0 bridgehead atoms. The zero-order valence-electron chi connectivity index (χ0n) is 9.28. The summed E-state index contributed by atoms with van der Waals surface area (Å²) in [5.74, 6) is 0. The van der Waals surface area contributed by atoms with Crippen molar-refractivity contribution < 1.29 is 5.11 Å². The second-order valence-corrected chi connectivity index (χ2v) is 5.53. The zero-order valence-corrected chi connectivity index (χ0v) is 12.4. The normalized spacial score (nSPS) is 12.4. The van der Waals surface area contributed by atoms with Crippen LogP contribution >= 0.6 is 39.1 Å². The van der Waals surface area contributed by atoms with E-state index >= 15 is 0 Å². The molecule has 1 aromatic heterocycles. The molecule has 2 aromatic rings. The van der Waals surface area contributed by atoms with Crippen molar-refractivity contribution in [2.75, 3.05) is 0 Å². The SMILES string of the molecule is OC(Cc1ccncc1Cl)c1ccc(Cl)c(Br)c1. The number of nitrogens with zero attached hydrogens (tertiary/aromatic N) is 1. The van der Waals surface area contributed by atoms with Crippen LogP contribution in [0, 0.1) is 0 Å². The van der Waals surface area contributed by atoms with Gasteiger partial charge >= 0.3 is 0 Å². The fourth-order valence-corrected chi connectivity index (χ4v) is 2.33. The summed E-state index contributed by atoms with van der Waals surface area (Å²) in [4.78, 5) is 3.91. The van der Waals surface area contributed by atoms with Crippen LogP contribution in [0.2, 0.25) is 10.0 Å². The molecule has 0 spiro atoms. The number of halogens is 3. The van der Waals surface area contributed by atoms with Gasteiger partial charge in [-0.05, 0) is 45.3 Å². The third kappa shape index (κ3) is 3.23. The van der Waals surface area contributed by atoms with Gasteiger partial charge in [-0.1, -0.05) is 29.3 Å². The molecule has 0 aliphatic heterocycles. The number of pyridine rings is 1. The van der Waals surface area contributed by atoms with E-state index in [0.717, 1.165) is 15.6 Å². The van der Waals surface area contributed by atoms with Crippen molar-refractivity contribution in [3.63, 3.8) is 0 Å².